The Hall–Kier alpha value is -1.95. The maximum absolute atomic E-state index is 12.5. The molecule has 5 nitrogen and oxygen atoms in total. The Kier molecular flexibility index (Phi) is 5.68. The van der Waals surface area contributed by atoms with Gasteiger partial charge in [-0.2, -0.15) is 0 Å². The van der Waals surface area contributed by atoms with E-state index in [4.69, 9.17) is 4.74 Å². The number of pyridine rings is 1. The lowest BCUT2D eigenvalue weighted by atomic mass is 10.1. The van der Waals surface area contributed by atoms with Crippen LogP contribution in [0.3, 0.4) is 0 Å². The average Bonchev–Trinajstić information content (AvgIpc) is 2.87. The van der Waals surface area contributed by atoms with Gasteiger partial charge in [-0.15, -0.1) is 0 Å². The molecule has 1 saturated heterocycles. The summed E-state index contributed by atoms with van der Waals surface area (Å²) in [5.41, 5.74) is 1.90. The molecule has 6 heteroatoms. The van der Waals surface area contributed by atoms with Gasteiger partial charge >= 0.3 is 5.97 Å². The second kappa shape index (κ2) is 7.95. The zero-order chi connectivity index (χ0) is 17.8. The van der Waals surface area contributed by atoms with Gasteiger partial charge in [-0.1, -0.05) is 34.8 Å². The van der Waals surface area contributed by atoms with Crippen molar-refractivity contribution in [3.8, 4) is 0 Å². The predicted octanol–water partition coefficient (Wildman–Crippen LogP) is 3.87. The molecule has 3 rings (SSSR count). The van der Waals surface area contributed by atoms with Crippen molar-refractivity contribution in [2.24, 2.45) is 0 Å². The molecule has 0 N–H and O–H groups in total. The Morgan fingerprint density at radius 3 is 2.60 bits per heavy atom. The molecule has 132 valence electrons. The number of nitrogens with zero attached hydrogens (tertiary/aromatic N) is 2. The van der Waals surface area contributed by atoms with Crippen LogP contribution in [0.1, 0.15) is 41.7 Å². The normalized spacial score (nSPS) is 15.0. The number of aryl methyl sites for hydroxylation is 1. The van der Waals surface area contributed by atoms with E-state index in [0.29, 0.717) is 5.56 Å². The second-order valence-corrected chi connectivity index (χ2v) is 7.26. The Labute approximate surface area is 155 Å². The number of amides is 1. The van der Waals surface area contributed by atoms with Crippen molar-refractivity contribution in [1.82, 2.24) is 9.88 Å². The minimum atomic E-state index is -0.485. The second-order valence-electron chi connectivity index (χ2n) is 6.34. The first kappa shape index (κ1) is 17.9. The molecule has 0 spiro atoms. The zero-order valence-corrected chi connectivity index (χ0v) is 15.8. The maximum atomic E-state index is 12.5. The summed E-state index contributed by atoms with van der Waals surface area (Å²) in [6.07, 6.45) is 4.34. The molecule has 1 aliphatic rings. The molecular formula is C19H21BrN2O3. The van der Waals surface area contributed by atoms with Crippen molar-refractivity contribution in [2.75, 3.05) is 19.7 Å². The maximum Gasteiger partial charge on any atom is 0.339 e. The molecule has 1 aromatic heterocycles. The number of rotatable bonds is 3. The van der Waals surface area contributed by atoms with Crippen LogP contribution >= 0.6 is 15.9 Å². The first-order chi connectivity index (χ1) is 12.0. The van der Waals surface area contributed by atoms with Gasteiger partial charge in [-0.3, -0.25) is 9.78 Å². The molecule has 0 atom stereocenters. The number of esters is 1. The van der Waals surface area contributed by atoms with Crippen LogP contribution in [0.25, 0.3) is 10.9 Å². The number of likely N-dealkylation sites (tertiary alicyclic amines) is 1. The Morgan fingerprint density at radius 1 is 1.16 bits per heavy atom. The third kappa shape index (κ3) is 4.37. The predicted molar refractivity (Wildman–Crippen MR) is 99.5 cm³/mol. The highest BCUT2D eigenvalue weighted by atomic mass is 79.9. The van der Waals surface area contributed by atoms with E-state index in [1.165, 1.54) is 0 Å². The van der Waals surface area contributed by atoms with Gasteiger partial charge in [0.25, 0.3) is 5.91 Å². The summed E-state index contributed by atoms with van der Waals surface area (Å²) in [6.45, 7) is 3.13. The lowest BCUT2D eigenvalue weighted by molar-refractivity contribution is -0.134. The summed E-state index contributed by atoms with van der Waals surface area (Å²) in [6, 6.07) is 7.26. The number of aromatic nitrogens is 1. The summed E-state index contributed by atoms with van der Waals surface area (Å²) < 4.78 is 6.20. The van der Waals surface area contributed by atoms with Gasteiger partial charge < -0.3 is 9.64 Å². The summed E-state index contributed by atoms with van der Waals surface area (Å²) in [4.78, 5) is 31.1. The number of hydrogen-bond acceptors (Lipinski definition) is 4. The van der Waals surface area contributed by atoms with Gasteiger partial charge in [0.2, 0.25) is 0 Å². The molecule has 1 aromatic carbocycles. The number of hydrogen-bond donors (Lipinski definition) is 0. The molecule has 0 unspecified atom stereocenters. The van der Waals surface area contributed by atoms with Crippen molar-refractivity contribution in [3.05, 3.63) is 40.0 Å². The quantitative estimate of drug-likeness (QED) is 0.728. The standard InChI is InChI=1S/C19H21BrN2O3/c1-13-10-16(15-7-6-14(20)11-17(15)21-13)19(24)25-12-18(23)22-8-4-2-3-5-9-22/h6-7,10-11H,2-5,8-9,12H2,1H3. The van der Waals surface area contributed by atoms with E-state index in [1.54, 1.807) is 11.0 Å². The highest BCUT2D eigenvalue weighted by Gasteiger charge is 2.19. The fourth-order valence-electron chi connectivity index (χ4n) is 3.12. The largest absolute Gasteiger partial charge is 0.452 e. The van der Waals surface area contributed by atoms with Gasteiger partial charge in [0, 0.05) is 28.6 Å². The first-order valence-electron chi connectivity index (χ1n) is 8.56. The zero-order valence-electron chi connectivity index (χ0n) is 14.3. The van der Waals surface area contributed by atoms with Crippen LogP contribution in [-0.4, -0.2) is 41.5 Å². The number of halogens is 1. The Morgan fingerprint density at radius 2 is 1.88 bits per heavy atom. The topological polar surface area (TPSA) is 59.5 Å². The summed E-state index contributed by atoms with van der Waals surface area (Å²) in [7, 11) is 0. The van der Waals surface area contributed by atoms with E-state index in [9.17, 15) is 9.59 Å². The molecule has 25 heavy (non-hydrogen) atoms. The lowest BCUT2D eigenvalue weighted by Crippen LogP contribution is -2.35. The average molecular weight is 405 g/mol. The van der Waals surface area contributed by atoms with Crippen molar-refractivity contribution in [1.29, 1.82) is 0 Å². The van der Waals surface area contributed by atoms with Crippen molar-refractivity contribution >= 4 is 38.7 Å². The van der Waals surface area contributed by atoms with Crippen molar-refractivity contribution < 1.29 is 14.3 Å². The third-order valence-electron chi connectivity index (χ3n) is 4.41. The smallest absolute Gasteiger partial charge is 0.339 e. The molecular weight excluding hydrogens is 384 g/mol. The lowest BCUT2D eigenvalue weighted by Gasteiger charge is -2.20. The summed E-state index contributed by atoms with van der Waals surface area (Å²) in [5, 5.41) is 0.723. The minimum absolute atomic E-state index is 0.118. The molecule has 0 radical (unpaired) electrons. The molecule has 1 amide bonds. The van der Waals surface area contributed by atoms with Crippen LogP contribution in [0.2, 0.25) is 0 Å². The van der Waals surface area contributed by atoms with Crippen LogP contribution in [0.4, 0.5) is 0 Å². The van der Waals surface area contributed by atoms with Gasteiger partial charge in [0.05, 0.1) is 11.1 Å². The molecule has 0 aliphatic carbocycles. The number of fused-ring (bicyclic) bond motifs is 1. The van der Waals surface area contributed by atoms with E-state index in [0.717, 1.165) is 59.8 Å². The van der Waals surface area contributed by atoms with Gasteiger partial charge in [-0.25, -0.2) is 4.79 Å². The number of benzene rings is 1. The molecule has 0 saturated carbocycles. The van der Waals surface area contributed by atoms with Gasteiger partial charge in [0.15, 0.2) is 6.61 Å². The number of carbonyl (C=O) groups is 2. The van der Waals surface area contributed by atoms with Crippen LogP contribution in [-0.2, 0) is 9.53 Å². The Bertz CT molecular complexity index is 793. The van der Waals surface area contributed by atoms with E-state index in [1.807, 2.05) is 25.1 Å². The van der Waals surface area contributed by atoms with Gasteiger partial charge in [-0.05, 0) is 38.0 Å². The highest BCUT2D eigenvalue weighted by Crippen LogP contribution is 2.23. The SMILES string of the molecule is Cc1cc(C(=O)OCC(=O)N2CCCCCC2)c2ccc(Br)cc2n1. The number of carbonyl (C=O) groups excluding carboxylic acids is 2. The van der Waals surface area contributed by atoms with E-state index >= 15 is 0 Å². The van der Waals surface area contributed by atoms with Crippen molar-refractivity contribution in [3.63, 3.8) is 0 Å². The monoisotopic (exact) mass is 404 g/mol. The van der Waals surface area contributed by atoms with Gasteiger partial charge in [0.1, 0.15) is 0 Å². The summed E-state index contributed by atoms with van der Waals surface area (Å²) in [5.74, 6) is -0.603. The summed E-state index contributed by atoms with van der Waals surface area (Å²) >= 11 is 3.41. The molecule has 1 fully saturated rings. The van der Waals surface area contributed by atoms with E-state index in [-0.39, 0.29) is 12.5 Å². The fourth-order valence-corrected chi connectivity index (χ4v) is 3.47. The van der Waals surface area contributed by atoms with Crippen LogP contribution in [0.5, 0.6) is 0 Å². The fraction of sp³-hybridized carbons (Fsp3) is 0.421. The molecule has 2 aromatic rings. The first-order valence-corrected chi connectivity index (χ1v) is 9.36. The molecule has 1 aliphatic heterocycles. The van der Waals surface area contributed by atoms with E-state index in [2.05, 4.69) is 20.9 Å². The Balaban J connectivity index is 1.73. The highest BCUT2D eigenvalue weighted by molar-refractivity contribution is 9.10. The number of ether oxygens (including phenoxy) is 1. The van der Waals surface area contributed by atoms with Crippen LogP contribution < -0.4 is 0 Å². The minimum Gasteiger partial charge on any atom is -0.452 e. The molecule has 0 bridgehead atoms. The molecule has 2 heterocycles. The van der Waals surface area contributed by atoms with Crippen LogP contribution in [0.15, 0.2) is 28.7 Å². The third-order valence-corrected chi connectivity index (χ3v) is 4.90. The van der Waals surface area contributed by atoms with E-state index < -0.39 is 5.97 Å². The van der Waals surface area contributed by atoms with Crippen LogP contribution in [0, 0.1) is 6.92 Å². The van der Waals surface area contributed by atoms with Crippen molar-refractivity contribution in [2.45, 2.75) is 32.6 Å².